The molecule has 0 aliphatic heterocycles. The van der Waals surface area contributed by atoms with Crippen LogP contribution in [0.3, 0.4) is 0 Å². The SMILES string of the molecule is CCCCCOc1ccc(Br)c(CNCCC)c1. The van der Waals surface area contributed by atoms with Crippen molar-refractivity contribution in [3.05, 3.63) is 28.2 Å². The number of benzene rings is 1. The molecule has 1 N–H and O–H groups in total. The summed E-state index contributed by atoms with van der Waals surface area (Å²) in [5, 5.41) is 3.41. The third-order valence-electron chi connectivity index (χ3n) is 2.78. The van der Waals surface area contributed by atoms with Crippen molar-refractivity contribution >= 4 is 15.9 Å². The fourth-order valence-corrected chi connectivity index (χ4v) is 2.11. The number of halogens is 1. The maximum atomic E-state index is 5.76. The number of nitrogens with one attached hydrogen (secondary N) is 1. The molecule has 0 bridgehead atoms. The zero-order chi connectivity index (χ0) is 13.2. The molecule has 0 amide bonds. The summed E-state index contributed by atoms with van der Waals surface area (Å²) in [6.07, 6.45) is 4.76. The van der Waals surface area contributed by atoms with Crippen LogP contribution in [-0.2, 0) is 6.54 Å². The molecule has 0 radical (unpaired) electrons. The minimum atomic E-state index is 0.817. The average molecular weight is 314 g/mol. The molecule has 0 saturated carbocycles. The Morgan fingerprint density at radius 1 is 1.17 bits per heavy atom. The van der Waals surface area contributed by atoms with E-state index in [0.29, 0.717) is 0 Å². The van der Waals surface area contributed by atoms with Crippen molar-refractivity contribution in [2.24, 2.45) is 0 Å². The van der Waals surface area contributed by atoms with Crippen LogP contribution in [-0.4, -0.2) is 13.2 Å². The molecule has 0 aromatic heterocycles. The molecule has 3 heteroatoms. The Balaban J connectivity index is 2.46. The van der Waals surface area contributed by atoms with Gasteiger partial charge in [-0.05, 0) is 43.1 Å². The Kier molecular flexibility index (Phi) is 8.10. The predicted octanol–water partition coefficient (Wildman–Crippen LogP) is 4.52. The summed E-state index contributed by atoms with van der Waals surface area (Å²) in [7, 11) is 0. The van der Waals surface area contributed by atoms with Crippen LogP contribution < -0.4 is 10.1 Å². The molecule has 18 heavy (non-hydrogen) atoms. The largest absolute Gasteiger partial charge is 0.494 e. The molecule has 0 heterocycles. The molecule has 0 spiro atoms. The van der Waals surface area contributed by atoms with E-state index in [0.717, 1.165) is 42.8 Å². The lowest BCUT2D eigenvalue weighted by molar-refractivity contribution is 0.306. The van der Waals surface area contributed by atoms with Crippen LogP contribution in [0, 0.1) is 0 Å². The Morgan fingerprint density at radius 2 is 2.00 bits per heavy atom. The lowest BCUT2D eigenvalue weighted by Crippen LogP contribution is -2.14. The lowest BCUT2D eigenvalue weighted by atomic mass is 10.2. The zero-order valence-electron chi connectivity index (χ0n) is 11.5. The summed E-state index contributed by atoms with van der Waals surface area (Å²) in [5.74, 6) is 0.975. The normalized spacial score (nSPS) is 10.6. The maximum absolute atomic E-state index is 5.76. The van der Waals surface area contributed by atoms with Gasteiger partial charge in [-0.1, -0.05) is 42.6 Å². The van der Waals surface area contributed by atoms with Crippen molar-refractivity contribution in [2.75, 3.05) is 13.2 Å². The summed E-state index contributed by atoms with van der Waals surface area (Å²) >= 11 is 3.58. The molecule has 0 fully saturated rings. The van der Waals surface area contributed by atoms with E-state index < -0.39 is 0 Å². The van der Waals surface area contributed by atoms with E-state index in [4.69, 9.17) is 4.74 Å². The third kappa shape index (κ3) is 5.87. The van der Waals surface area contributed by atoms with Crippen molar-refractivity contribution in [3.63, 3.8) is 0 Å². The number of ether oxygens (including phenoxy) is 1. The van der Waals surface area contributed by atoms with Gasteiger partial charge < -0.3 is 10.1 Å². The van der Waals surface area contributed by atoms with Crippen LogP contribution in [0.15, 0.2) is 22.7 Å². The standard InChI is InChI=1S/C15H24BrNO/c1-3-5-6-10-18-14-7-8-15(16)13(11-14)12-17-9-4-2/h7-8,11,17H,3-6,9-10,12H2,1-2H3. The van der Waals surface area contributed by atoms with Crippen molar-refractivity contribution in [2.45, 2.75) is 46.1 Å². The highest BCUT2D eigenvalue weighted by Crippen LogP contribution is 2.22. The van der Waals surface area contributed by atoms with Crippen LogP contribution in [0.1, 0.15) is 45.1 Å². The first-order valence-corrected chi connectivity index (χ1v) is 7.69. The van der Waals surface area contributed by atoms with Gasteiger partial charge in [0.1, 0.15) is 5.75 Å². The Labute approximate surface area is 119 Å². The molecular weight excluding hydrogens is 290 g/mol. The first kappa shape index (κ1) is 15.5. The molecule has 0 saturated heterocycles. The summed E-state index contributed by atoms with van der Waals surface area (Å²) in [5.41, 5.74) is 1.26. The number of hydrogen-bond donors (Lipinski definition) is 1. The molecule has 0 aliphatic rings. The summed E-state index contributed by atoms with van der Waals surface area (Å²) in [6.45, 7) is 7.14. The molecule has 102 valence electrons. The third-order valence-corrected chi connectivity index (χ3v) is 3.55. The van der Waals surface area contributed by atoms with E-state index in [2.05, 4.69) is 47.2 Å². The highest BCUT2D eigenvalue weighted by Gasteiger charge is 2.02. The van der Waals surface area contributed by atoms with Crippen LogP contribution >= 0.6 is 15.9 Å². The Bertz CT molecular complexity index is 341. The topological polar surface area (TPSA) is 21.3 Å². The van der Waals surface area contributed by atoms with Crippen molar-refractivity contribution in [1.82, 2.24) is 5.32 Å². The maximum Gasteiger partial charge on any atom is 0.119 e. The minimum Gasteiger partial charge on any atom is -0.494 e. The smallest absolute Gasteiger partial charge is 0.119 e. The molecule has 1 rings (SSSR count). The second kappa shape index (κ2) is 9.40. The van der Waals surface area contributed by atoms with Crippen molar-refractivity contribution in [3.8, 4) is 5.75 Å². The van der Waals surface area contributed by atoms with Gasteiger partial charge >= 0.3 is 0 Å². The molecule has 2 nitrogen and oxygen atoms in total. The van der Waals surface area contributed by atoms with Gasteiger partial charge in [-0.3, -0.25) is 0 Å². The molecule has 0 atom stereocenters. The van der Waals surface area contributed by atoms with Crippen molar-refractivity contribution in [1.29, 1.82) is 0 Å². The molecule has 1 aromatic rings. The summed E-state index contributed by atoms with van der Waals surface area (Å²) in [6, 6.07) is 6.22. The van der Waals surface area contributed by atoms with E-state index in [-0.39, 0.29) is 0 Å². The van der Waals surface area contributed by atoms with Gasteiger partial charge in [0, 0.05) is 11.0 Å². The highest BCUT2D eigenvalue weighted by atomic mass is 79.9. The fourth-order valence-electron chi connectivity index (χ4n) is 1.72. The van der Waals surface area contributed by atoms with Gasteiger partial charge in [-0.15, -0.1) is 0 Å². The lowest BCUT2D eigenvalue weighted by Gasteiger charge is -2.10. The zero-order valence-corrected chi connectivity index (χ0v) is 13.1. The van der Waals surface area contributed by atoms with E-state index in [1.165, 1.54) is 18.4 Å². The van der Waals surface area contributed by atoms with Gasteiger partial charge in [0.05, 0.1) is 6.61 Å². The van der Waals surface area contributed by atoms with Crippen molar-refractivity contribution < 1.29 is 4.74 Å². The number of unbranched alkanes of at least 4 members (excludes halogenated alkanes) is 2. The first-order chi connectivity index (χ1) is 8.77. The van der Waals surface area contributed by atoms with Crippen LogP contribution in [0.5, 0.6) is 5.75 Å². The highest BCUT2D eigenvalue weighted by molar-refractivity contribution is 9.10. The van der Waals surface area contributed by atoms with Gasteiger partial charge in [0.25, 0.3) is 0 Å². The van der Waals surface area contributed by atoms with Gasteiger partial charge in [-0.25, -0.2) is 0 Å². The van der Waals surface area contributed by atoms with Crippen LogP contribution in [0.25, 0.3) is 0 Å². The van der Waals surface area contributed by atoms with E-state index in [1.54, 1.807) is 0 Å². The van der Waals surface area contributed by atoms with Crippen LogP contribution in [0.4, 0.5) is 0 Å². The second-order valence-electron chi connectivity index (χ2n) is 4.49. The summed E-state index contributed by atoms with van der Waals surface area (Å²) in [4.78, 5) is 0. The summed E-state index contributed by atoms with van der Waals surface area (Å²) < 4.78 is 6.91. The predicted molar refractivity (Wildman–Crippen MR) is 81.2 cm³/mol. The van der Waals surface area contributed by atoms with Gasteiger partial charge in [0.2, 0.25) is 0 Å². The fraction of sp³-hybridized carbons (Fsp3) is 0.600. The molecule has 1 aromatic carbocycles. The first-order valence-electron chi connectivity index (χ1n) is 6.89. The van der Waals surface area contributed by atoms with Gasteiger partial charge in [0.15, 0.2) is 0 Å². The van der Waals surface area contributed by atoms with E-state index in [1.807, 2.05) is 6.07 Å². The van der Waals surface area contributed by atoms with E-state index >= 15 is 0 Å². The van der Waals surface area contributed by atoms with E-state index in [9.17, 15) is 0 Å². The monoisotopic (exact) mass is 313 g/mol. The molecular formula is C15H24BrNO. The minimum absolute atomic E-state index is 0.817. The van der Waals surface area contributed by atoms with Crippen LogP contribution in [0.2, 0.25) is 0 Å². The molecule has 0 unspecified atom stereocenters. The average Bonchev–Trinajstić information content (AvgIpc) is 2.38. The molecule has 0 aliphatic carbocycles. The Morgan fingerprint density at radius 3 is 2.72 bits per heavy atom. The number of hydrogen-bond acceptors (Lipinski definition) is 2. The quantitative estimate of drug-likeness (QED) is 0.677. The van der Waals surface area contributed by atoms with Gasteiger partial charge in [-0.2, -0.15) is 0 Å². The Hall–Kier alpha value is -0.540. The number of rotatable bonds is 9. The second-order valence-corrected chi connectivity index (χ2v) is 5.34.